The topological polar surface area (TPSA) is 3.24 Å². The SMILES string of the molecule is CCN1c2ccccc2C2=CC=C(C)CC21C. The highest BCUT2D eigenvalue weighted by atomic mass is 15.2. The lowest BCUT2D eigenvalue weighted by Gasteiger charge is -2.39. The lowest BCUT2D eigenvalue weighted by Crippen LogP contribution is -2.44. The zero-order chi connectivity index (χ0) is 12.0. The third-order valence-electron chi connectivity index (χ3n) is 4.13. The van der Waals surface area contributed by atoms with Gasteiger partial charge in [0.2, 0.25) is 0 Å². The number of allylic oxidation sites excluding steroid dienone is 2. The molecule has 1 aliphatic carbocycles. The van der Waals surface area contributed by atoms with Crippen molar-refractivity contribution in [2.75, 3.05) is 11.4 Å². The van der Waals surface area contributed by atoms with E-state index in [1.165, 1.54) is 22.4 Å². The summed E-state index contributed by atoms with van der Waals surface area (Å²) in [6, 6.07) is 8.79. The average molecular weight is 225 g/mol. The number of para-hydroxylation sites is 1. The van der Waals surface area contributed by atoms with Crippen molar-refractivity contribution in [1.82, 2.24) is 0 Å². The van der Waals surface area contributed by atoms with Crippen molar-refractivity contribution >= 4 is 11.3 Å². The van der Waals surface area contributed by atoms with Crippen LogP contribution in [0.3, 0.4) is 0 Å². The van der Waals surface area contributed by atoms with Crippen LogP contribution in [0.25, 0.3) is 5.57 Å². The molecule has 3 rings (SSSR count). The molecule has 0 saturated carbocycles. The van der Waals surface area contributed by atoms with Gasteiger partial charge in [0.1, 0.15) is 0 Å². The van der Waals surface area contributed by atoms with Gasteiger partial charge in [-0.15, -0.1) is 0 Å². The Bertz CT molecular complexity index is 524. The molecule has 1 heteroatoms. The van der Waals surface area contributed by atoms with Crippen LogP contribution in [0.1, 0.15) is 32.8 Å². The number of fused-ring (bicyclic) bond motifs is 3. The maximum atomic E-state index is 2.55. The van der Waals surface area contributed by atoms with E-state index in [1.807, 2.05) is 0 Å². The number of anilines is 1. The minimum Gasteiger partial charge on any atom is -0.362 e. The Morgan fingerprint density at radius 2 is 2.00 bits per heavy atom. The number of benzene rings is 1. The summed E-state index contributed by atoms with van der Waals surface area (Å²) in [6.07, 6.45) is 5.72. The van der Waals surface area contributed by atoms with Crippen molar-refractivity contribution in [3.05, 3.63) is 47.6 Å². The van der Waals surface area contributed by atoms with E-state index in [-0.39, 0.29) is 5.54 Å². The molecule has 0 aromatic heterocycles. The van der Waals surface area contributed by atoms with Crippen LogP contribution in [-0.2, 0) is 0 Å². The summed E-state index contributed by atoms with van der Waals surface area (Å²) < 4.78 is 0. The first kappa shape index (κ1) is 10.6. The summed E-state index contributed by atoms with van der Waals surface area (Å²) in [4.78, 5) is 2.55. The molecular formula is C16H19N. The molecule has 2 aliphatic rings. The number of hydrogen-bond donors (Lipinski definition) is 0. The normalized spacial score (nSPS) is 26.2. The Kier molecular flexibility index (Phi) is 2.19. The van der Waals surface area contributed by atoms with Crippen molar-refractivity contribution in [1.29, 1.82) is 0 Å². The van der Waals surface area contributed by atoms with Crippen molar-refractivity contribution in [2.24, 2.45) is 0 Å². The van der Waals surface area contributed by atoms with E-state index in [0.29, 0.717) is 0 Å². The molecule has 1 aliphatic heterocycles. The van der Waals surface area contributed by atoms with Crippen LogP contribution in [0.15, 0.2) is 42.0 Å². The quantitative estimate of drug-likeness (QED) is 0.697. The average Bonchev–Trinajstić information content (AvgIpc) is 2.55. The molecule has 1 heterocycles. The molecule has 0 bridgehead atoms. The smallest absolute Gasteiger partial charge is 0.0669 e. The second-order valence-electron chi connectivity index (χ2n) is 5.31. The second-order valence-corrected chi connectivity index (χ2v) is 5.31. The number of rotatable bonds is 1. The maximum Gasteiger partial charge on any atom is 0.0669 e. The van der Waals surface area contributed by atoms with Gasteiger partial charge in [-0.25, -0.2) is 0 Å². The first-order valence-corrected chi connectivity index (χ1v) is 6.42. The Labute approximate surface area is 103 Å². The maximum absolute atomic E-state index is 2.55. The van der Waals surface area contributed by atoms with Gasteiger partial charge in [0, 0.05) is 17.8 Å². The van der Waals surface area contributed by atoms with Gasteiger partial charge in [0.25, 0.3) is 0 Å². The fourth-order valence-electron chi connectivity index (χ4n) is 3.44. The lowest BCUT2D eigenvalue weighted by atomic mass is 9.80. The number of likely N-dealkylation sites (N-methyl/N-ethyl adjacent to an activating group) is 1. The minimum absolute atomic E-state index is 0.164. The third kappa shape index (κ3) is 1.32. The van der Waals surface area contributed by atoms with Gasteiger partial charge >= 0.3 is 0 Å². The van der Waals surface area contributed by atoms with Crippen LogP contribution in [0.4, 0.5) is 5.69 Å². The highest BCUT2D eigenvalue weighted by molar-refractivity contribution is 5.92. The van der Waals surface area contributed by atoms with E-state index in [4.69, 9.17) is 0 Å². The molecule has 88 valence electrons. The van der Waals surface area contributed by atoms with Crippen molar-refractivity contribution in [3.63, 3.8) is 0 Å². The van der Waals surface area contributed by atoms with Gasteiger partial charge in [-0.2, -0.15) is 0 Å². The van der Waals surface area contributed by atoms with Gasteiger partial charge in [-0.05, 0) is 38.8 Å². The monoisotopic (exact) mass is 225 g/mol. The zero-order valence-corrected chi connectivity index (χ0v) is 10.8. The Balaban J connectivity index is 2.23. The van der Waals surface area contributed by atoms with Gasteiger partial charge in [0.15, 0.2) is 0 Å². The molecule has 1 aromatic carbocycles. The summed E-state index contributed by atoms with van der Waals surface area (Å²) in [5.41, 5.74) is 5.94. The summed E-state index contributed by atoms with van der Waals surface area (Å²) in [7, 11) is 0. The van der Waals surface area contributed by atoms with Crippen LogP contribution in [-0.4, -0.2) is 12.1 Å². The predicted molar refractivity (Wildman–Crippen MR) is 74.2 cm³/mol. The molecule has 1 unspecified atom stereocenters. The molecule has 0 spiro atoms. The minimum atomic E-state index is 0.164. The molecule has 0 amide bonds. The summed E-state index contributed by atoms with van der Waals surface area (Å²) in [5, 5.41) is 0. The third-order valence-corrected chi connectivity index (χ3v) is 4.13. The fraction of sp³-hybridized carbons (Fsp3) is 0.375. The van der Waals surface area contributed by atoms with E-state index in [2.05, 4.69) is 62.1 Å². The van der Waals surface area contributed by atoms with Crippen LogP contribution >= 0.6 is 0 Å². The fourth-order valence-corrected chi connectivity index (χ4v) is 3.44. The first-order valence-electron chi connectivity index (χ1n) is 6.42. The standard InChI is InChI=1S/C16H19N/c1-4-17-15-8-6-5-7-13(15)14-10-9-12(2)11-16(14,17)3/h5-10H,4,11H2,1-3H3. The van der Waals surface area contributed by atoms with Gasteiger partial charge < -0.3 is 4.90 Å². The summed E-state index contributed by atoms with van der Waals surface area (Å²) >= 11 is 0. The Hall–Kier alpha value is -1.50. The highest BCUT2D eigenvalue weighted by Crippen LogP contribution is 2.50. The molecule has 0 N–H and O–H groups in total. The molecule has 0 saturated heterocycles. The van der Waals surface area contributed by atoms with Crippen molar-refractivity contribution < 1.29 is 0 Å². The Morgan fingerprint density at radius 3 is 2.76 bits per heavy atom. The van der Waals surface area contributed by atoms with E-state index >= 15 is 0 Å². The second kappa shape index (κ2) is 3.49. The zero-order valence-electron chi connectivity index (χ0n) is 10.8. The van der Waals surface area contributed by atoms with Crippen LogP contribution < -0.4 is 4.90 Å². The van der Waals surface area contributed by atoms with Crippen molar-refractivity contribution in [3.8, 4) is 0 Å². The summed E-state index contributed by atoms with van der Waals surface area (Å²) in [5.74, 6) is 0. The predicted octanol–water partition coefficient (Wildman–Crippen LogP) is 4.02. The van der Waals surface area contributed by atoms with E-state index < -0.39 is 0 Å². The molecule has 0 radical (unpaired) electrons. The van der Waals surface area contributed by atoms with E-state index in [1.54, 1.807) is 0 Å². The van der Waals surface area contributed by atoms with E-state index in [0.717, 1.165) is 13.0 Å². The van der Waals surface area contributed by atoms with Gasteiger partial charge in [0.05, 0.1) is 5.54 Å². The first-order chi connectivity index (χ1) is 8.16. The van der Waals surface area contributed by atoms with Gasteiger partial charge in [-0.1, -0.05) is 35.9 Å². The largest absolute Gasteiger partial charge is 0.362 e. The van der Waals surface area contributed by atoms with Crippen LogP contribution in [0.2, 0.25) is 0 Å². The highest BCUT2D eigenvalue weighted by Gasteiger charge is 2.43. The molecule has 1 aromatic rings. The molecule has 17 heavy (non-hydrogen) atoms. The van der Waals surface area contributed by atoms with E-state index in [9.17, 15) is 0 Å². The summed E-state index contributed by atoms with van der Waals surface area (Å²) in [6.45, 7) is 7.92. The van der Waals surface area contributed by atoms with Crippen molar-refractivity contribution in [2.45, 2.75) is 32.7 Å². The molecule has 1 atom stereocenters. The van der Waals surface area contributed by atoms with Crippen LogP contribution in [0, 0.1) is 0 Å². The van der Waals surface area contributed by atoms with Crippen LogP contribution in [0.5, 0.6) is 0 Å². The Morgan fingerprint density at radius 1 is 1.24 bits per heavy atom. The molecular weight excluding hydrogens is 206 g/mol. The molecule has 0 fully saturated rings. The van der Waals surface area contributed by atoms with Gasteiger partial charge in [-0.3, -0.25) is 0 Å². The number of nitrogens with zero attached hydrogens (tertiary/aromatic N) is 1. The number of hydrogen-bond acceptors (Lipinski definition) is 1. The molecule has 1 nitrogen and oxygen atoms in total. The lowest BCUT2D eigenvalue weighted by molar-refractivity contribution is 0.544.